The predicted octanol–water partition coefficient (Wildman–Crippen LogP) is 5.40. The van der Waals surface area contributed by atoms with Crippen molar-refractivity contribution in [2.24, 2.45) is 0 Å². The third kappa shape index (κ3) is 4.73. The topological polar surface area (TPSA) is 85.1 Å². The Hall–Kier alpha value is -3.71. The number of benzene rings is 3. The van der Waals surface area contributed by atoms with Gasteiger partial charge in [0.05, 0.1) is 4.90 Å². The Labute approximate surface area is 181 Å². The van der Waals surface area contributed by atoms with Gasteiger partial charge < -0.3 is 9.73 Å². The number of nitrogens with zero attached hydrogens (tertiary/aromatic N) is 2. The Morgan fingerprint density at radius 3 is 2.10 bits per heavy atom. The van der Waals surface area contributed by atoms with E-state index in [1.807, 2.05) is 68.4 Å². The minimum absolute atomic E-state index is 0.0613. The molecule has 0 aliphatic carbocycles. The number of nitrogens with one attached hydrogen (secondary N) is 1. The number of para-hydroxylation sites is 1. The summed E-state index contributed by atoms with van der Waals surface area (Å²) in [5, 5.41) is 11.0. The number of rotatable bonds is 6. The van der Waals surface area contributed by atoms with E-state index in [0.717, 1.165) is 16.8 Å². The highest BCUT2D eigenvalue weighted by molar-refractivity contribution is 8.00. The van der Waals surface area contributed by atoms with Crippen LogP contribution >= 0.6 is 0 Å². The van der Waals surface area contributed by atoms with Crippen molar-refractivity contribution in [3.8, 4) is 0 Å². The highest BCUT2D eigenvalue weighted by atomic mass is 32.2. The second-order valence-electron chi connectivity index (χ2n) is 7.14. The Morgan fingerprint density at radius 2 is 1.45 bits per heavy atom. The zero-order valence-electron chi connectivity index (χ0n) is 17.1. The van der Waals surface area contributed by atoms with Gasteiger partial charge in [-0.25, -0.2) is 8.42 Å². The van der Waals surface area contributed by atoms with E-state index in [1.54, 1.807) is 30.3 Å². The molecule has 4 aromatic rings. The fourth-order valence-corrected chi connectivity index (χ4v) is 4.28. The molecule has 0 amide bonds. The van der Waals surface area contributed by atoms with Crippen molar-refractivity contribution in [3.63, 3.8) is 0 Å². The van der Waals surface area contributed by atoms with Crippen molar-refractivity contribution in [2.45, 2.75) is 18.7 Å². The lowest BCUT2D eigenvalue weighted by Gasteiger charge is -2.07. The van der Waals surface area contributed by atoms with Crippen molar-refractivity contribution in [3.05, 3.63) is 101 Å². The molecule has 1 N–H and O–H groups in total. The highest BCUT2D eigenvalue weighted by Crippen LogP contribution is 2.31. The van der Waals surface area contributed by atoms with Crippen LogP contribution in [0.15, 0.2) is 88.2 Å². The van der Waals surface area contributed by atoms with Crippen LogP contribution in [0, 0.1) is 13.8 Å². The molecule has 0 spiro atoms. The van der Waals surface area contributed by atoms with Gasteiger partial charge in [-0.05, 0) is 49.8 Å². The van der Waals surface area contributed by atoms with Crippen LogP contribution in [0.1, 0.15) is 22.6 Å². The van der Waals surface area contributed by atoms with Crippen molar-refractivity contribution >= 4 is 32.5 Å². The zero-order valence-corrected chi connectivity index (χ0v) is 17.9. The molecular formula is C24H21N3O3S. The summed E-state index contributed by atoms with van der Waals surface area (Å²) in [6, 6.07) is 23.6. The van der Waals surface area contributed by atoms with Crippen LogP contribution in [-0.2, 0) is 9.84 Å². The molecule has 0 atom stereocenters. The number of anilines is 2. The van der Waals surface area contributed by atoms with Crippen LogP contribution in [0.2, 0.25) is 0 Å². The number of aryl methyl sites for hydroxylation is 2. The van der Waals surface area contributed by atoms with E-state index >= 15 is 0 Å². The second kappa shape index (κ2) is 8.57. The highest BCUT2D eigenvalue weighted by Gasteiger charge is 2.27. The lowest BCUT2D eigenvalue weighted by Crippen LogP contribution is -2.05. The molecule has 7 heteroatoms. The zero-order chi connectivity index (χ0) is 21.8. The molecule has 1 heterocycles. The Morgan fingerprint density at radius 1 is 0.839 bits per heavy atom. The molecule has 0 saturated carbocycles. The maximum absolute atomic E-state index is 13.5. The summed E-state index contributed by atoms with van der Waals surface area (Å²) in [5.41, 5.74) is 3.51. The Kier molecular flexibility index (Phi) is 5.68. The molecule has 0 radical (unpaired) electrons. The summed E-state index contributed by atoms with van der Waals surface area (Å²) in [4.78, 5) is 0.0982. The van der Waals surface area contributed by atoms with Gasteiger partial charge in [0.15, 0.2) is 0 Å². The molecule has 1 aromatic heterocycles. The maximum atomic E-state index is 13.5. The van der Waals surface area contributed by atoms with Gasteiger partial charge >= 0.3 is 6.01 Å². The SMILES string of the molecule is Cc1ccc(C=C(c2nnc(Nc3ccccc3)o2)S(=O)(=O)c2ccc(C)cc2)cc1. The minimum Gasteiger partial charge on any atom is -0.402 e. The molecule has 0 aliphatic rings. The van der Waals surface area contributed by atoms with E-state index < -0.39 is 9.84 Å². The summed E-state index contributed by atoms with van der Waals surface area (Å²) in [5.74, 6) is -0.0837. The normalized spacial score (nSPS) is 12.0. The van der Waals surface area contributed by atoms with E-state index in [4.69, 9.17) is 4.42 Å². The standard InChI is InChI=1S/C24H21N3O3S/c1-17-8-12-19(13-9-17)16-22(31(28,29)21-14-10-18(2)11-15-21)23-26-27-24(30-23)25-20-6-4-3-5-7-20/h3-16H,1-2H3,(H,25,27). The van der Waals surface area contributed by atoms with E-state index in [0.29, 0.717) is 5.56 Å². The van der Waals surface area contributed by atoms with Crippen LogP contribution in [0.25, 0.3) is 11.0 Å². The fourth-order valence-electron chi connectivity index (χ4n) is 2.93. The first kappa shape index (κ1) is 20.6. The van der Waals surface area contributed by atoms with Crippen molar-refractivity contribution in [2.75, 3.05) is 5.32 Å². The fraction of sp³-hybridized carbons (Fsp3) is 0.0833. The smallest absolute Gasteiger partial charge is 0.320 e. The Balaban J connectivity index is 1.77. The Bertz CT molecular complexity index is 1310. The molecule has 3 aromatic carbocycles. The first-order chi connectivity index (χ1) is 14.9. The molecule has 0 aliphatic heterocycles. The van der Waals surface area contributed by atoms with Gasteiger partial charge in [-0.2, -0.15) is 0 Å². The lowest BCUT2D eigenvalue weighted by molar-refractivity contribution is 0.556. The molecule has 156 valence electrons. The van der Waals surface area contributed by atoms with Gasteiger partial charge in [-0.3, -0.25) is 0 Å². The van der Waals surface area contributed by atoms with Crippen LogP contribution in [0.5, 0.6) is 0 Å². The van der Waals surface area contributed by atoms with E-state index in [-0.39, 0.29) is 21.7 Å². The molecular weight excluding hydrogens is 410 g/mol. The number of sulfone groups is 1. The largest absolute Gasteiger partial charge is 0.402 e. The minimum atomic E-state index is -3.90. The quantitative estimate of drug-likeness (QED) is 0.440. The van der Waals surface area contributed by atoms with E-state index in [9.17, 15) is 8.42 Å². The molecule has 0 fully saturated rings. The molecule has 0 unspecified atom stereocenters. The van der Waals surface area contributed by atoms with Gasteiger partial charge in [0.1, 0.15) is 4.91 Å². The summed E-state index contributed by atoms with van der Waals surface area (Å²) >= 11 is 0. The molecule has 0 saturated heterocycles. The van der Waals surface area contributed by atoms with Crippen molar-refractivity contribution in [1.82, 2.24) is 10.2 Å². The first-order valence-corrected chi connectivity index (χ1v) is 11.2. The van der Waals surface area contributed by atoms with Gasteiger partial charge in [0, 0.05) is 5.69 Å². The third-order valence-corrected chi connectivity index (χ3v) is 6.42. The number of hydrogen-bond donors (Lipinski definition) is 1. The molecule has 31 heavy (non-hydrogen) atoms. The molecule has 6 nitrogen and oxygen atoms in total. The number of hydrogen-bond acceptors (Lipinski definition) is 6. The summed E-state index contributed by atoms with van der Waals surface area (Å²) in [6.45, 7) is 3.87. The number of aromatic nitrogens is 2. The third-order valence-electron chi connectivity index (χ3n) is 4.66. The first-order valence-electron chi connectivity index (χ1n) is 9.68. The van der Waals surface area contributed by atoms with Crippen LogP contribution in [0.4, 0.5) is 11.7 Å². The summed E-state index contributed by atoms with van der Waals surface area (Å²) < 4.78 is 32.6. The molecule has 4 rings (SSSR count). The van der Waals surface area contributed by atoms with E-state index in [1.165, 1.54) is 0 Å². The van der Waals surface area contributed by atoms with Crippen molar-refractivity contribution in [1.29, 1.82) is 0 Å². The van der Waals surface area contributed by atoms with Gasteiger partial charge in [0.25, 0.3) is 5.89 Å². The summed E-state index contributed by atoms with van der Waals surface area (Å²) in [7, 11) is -3.90. The maximum Gasteiger partial charge on any atom is 0.320 e. The average Bonchev–Trinajstić information content (AvgIpc) is 3.22. The van der Waals surface area contributed by atoms with Gasteiger partial charge in [0.2, 0.25) is 9.84 Å². The van der Waals surface area contributed by atoms with Crippen LogP contribution in [0.3, 0.4) is 0 Å². The van der Waals surface area contributed by atoms with Crippen LogP contribution < -0.4 is 5.32 Å². The van der Waals surface area contributed by atoms with E-state index in [2.05, 4.69) is 15.5 Å². The monoisotopic (exact) mass is 431 g/mol. The summed E-state index contributed by atoms with van der Waals surface area (Å²) in [6.07, 6.45) is 1.55. The second-order valence-corrected chi connectivity index (χ2v) is 9.06. The molecule has 0 bridgehead atoms. The van der Waals surface area contributed by atoms with Crippen LogP contribution in [-0.4, -0.2) is 18.6 Å². The van der Waals surface area contributed by atoms with Gasteiger partial charge in [-0.1, -0.05) is 70.8 Å². The predicted molar refractivity (Wildman–Crippen MR) is 121 cm³/mol. The van der Waals surface area contributed by atoms with Crippen molar-refractivity contribution < 1.29 is 12.8 Å². The lowest BCUT2D eigenvalue weighted by atomic mass is 10.1. The average molecular weight is 432 g/mol. The van der Waals surface area contributed by atoms with Gasteiger partial charge in [-0.15, -0.1) is 5.10 Å².